The molecule has 0 aromatic carbocycles. The van der Waals surface area contributed by atoms with Crippen molar-refractivity contribution in [3.8, 4) is 0 Å². The average Bonchev–Trinajstić information content (AvgIpc) is 1.85. The first-order valence-electron chi connectivity index (χ1n) is 4.79. The van der Waals surface area contributed by atoms with E-state index in [1.807, 2.05) is 0 Å². The third kappa shape index (κ3) is 3.08. The fraction of sp³-hybridized carbons (Fsp3) is 1.00. The summed E-state index contributed by atoms with van der Waals surface area (Å²) in [5, 5.41) is 9.71. The van der Waals surface area contributed by atoms with Gasteiger partial charge in [0.1, 0.15) is 0 Å². The molecule has 0 aliphatic heterocycles. The van der Waals surface area contributed by atoms with Gasteiger partial charge in [0.05, 0.1) is 6.10 Å². The summed E-state index contributed by atoms with van der Waals surface area (Å²) >= 11 is 0. The SMILES string of the molecule is CC1CCC(C(C)C)C(O)C1.[Cu]. The van der Waals surface area contributed by atoms with Crippen molar-refractivity contribution in [3.05, 3.63) is 0 Å². The second-order valence-electron chi connectivity index (χ2n) is 4.39. The Hall–Kier alpha value is 0.479. The molecular formula is C10H20CuO. The first kappa shape index (κ1) is 12.5. The van der Waals surface area contributed by atoms with Crippen LogP contribution < -0.4 is 0 Å². The van der Waals surface area contributed by atoms with E-state index in [0.717, 1.165) is 12.3 Å². The van der Waals surface area contributed by atoms with E-state index in [2.05, 4.69) is 20.8 Å². The van der Waals surface area contributed by atoms with E-state index < -0.39 is 0 Å². The molecule has 1 aliphatic carbocycles. The van der Waals surface area contributed by atoms with Gasteiger partial charge >= 0.3 is 0 Å². The van der Waals surface area contributed by atoms with Crippen molar-refractivity contribution < 1.29 is 22.2 Å². The standard InChI is InChI=1S/C10H20O.Cu/c1-7(2)9-5-4-8(3)6-10(9)11;/h7-11H,4-6H2,1-3H3;. The van der Waals surface area contributed by atoms with Crippen LogP contribution in [0.25, 0.3) is 0 Å². The van der Waals surface area contributed by atoms with E-state index in [4.69, 9.17) is 0 Å². The predicted octanol–water partition coefficient (Wildman–Crippen LogP) is 2.44. The van der Waals surface area contributed by atoms with E-state index in [1.54, 1.807) is 0 Å². The predicted molar refractivity (Wildman–Crippen MR) is 47.3 cm³/mol. The van der Waals surface area contributed by atoms with Crippen molar-refractivity contribution in [2.75, 3.05) is 0 Å². The van der Waals surface area contributed by atoms with E-state index in [-0.39, 0.29) is 23.2 Å². The van der Waals surface area contributed by atoms with Gasteiger partial charge in [-0.15, -0.1) is 0 Å². The summed E-state index contributed by atoms with van der Waals surface area (Å²) in [5.41, 5.74) is 0. The van der Waals surface area contributed by atoms with Crippen molar-refractivity contribution in [2.45, 2.75) is 46.1 Å². The number of rotatable bonds is 1. The second kappa shape index (κ2) is 5.26. The van der Waals surface area contributed by atoms with Crippen LogP contribution in [0.1, 0.15) is 40.0 Å². The van der Waals surface area contributed by atoms with Gasteiger partial charge in [0.2, 0.25) is 0 Å². The van der Waals surface area contributed by atoms with E-state index in [1.165, 1.54) is 12.8 Å². The molecule has 1 fully saturated rings. The van der Waals surface area contributed by atoms with Gasteiger partial charge in [-0.3, -0.25) is 0 Å². The summed E-state index contributed by atoms with van der Waals surface area (Å²) in [6.45, 7) is 6.66. The Kier molecular flexibility index (Phi) is 5.47. The Morgan fingerprint density at radius 3 is 2.25 bits per heavy atom. The monoisotopic (exact) mass is 219 g/mol. The molecule has 77 valence electrons. The maximum Gasteiger partial charge on any atom is 0.0573 e. The zero-order valence-corrected chi connectivity index (χ0v) is 9.12. The van der Waals surface area contributed by atoms with Crippen LogP contribution in [-0.4, -0.2) is 11.2 Å². The maximum atomic E-state index is 9.71. The van der Waals surface area contributed by atoms with Crippen molar-refractivity contribution in [1.29, 1.82) is 0 Å². The Balaban J connectivity index is 0.00000121. The Labute approximate surface area is 86.4 Å². The molecular weight excluding hydrogens is 200 g/mol. The van der Waals surface area contributed by atoms with E-state index in [0.29, 0.717) is 11.8 Å². The van der Waals surface area contributed by atoms with Crippen LogP contribution >= 0.6 is 0 Å². The fourth-order valence-corrected chi connectivity index (χ4v) is 2.15. The summed E-state index contributed by atoms with van der Waals surface area (Å²) < 4.78 is 0. The second-order valence-corrected chi connectivity index (χ2v) is 4.39. The van der Waals surface area contributed by atoms with E-state index in [9.17, 15) is 5.11 Å². The molecule has 1 aliphatic rings. The normalized spacial score (nSPS) is 36.2. The Morgan fingerprint density at radius 2 is 1.83 bits per heavy atom. The molecule has 0 saturated heterocycles. The zero-order chi connectivity index (χ0) is 8.43. The third-order valence-corrected chi connectivity index (χ3v) is 2.99. The Morgan fingerprint density at radius 1 is 1.25 bits per heavy atom. The van der Waals surface area contributed by atoms with Crippen molar-refractivity contribution in [3.63, 3.8) is 0 Å². The molecule has 1 nitrogen and oxygen atoms in total. The quantitative estimate of drug-likeness (QED) is 0.672. The molecule has 1 saturated carbocycles. The summed E-state index contributed by atoms with van der Waals surface area (Å²) in [5.74, 6) is 1.95. The van der Waals surface area contributed by atoms with Gasteiger partial charge < -0.3 is 5.11 Å². The van der Waals surface area contributed by atoms with Crippen LogP contribution in [0.2, 0.25) is 0 Å². The first-order chi connectivity index (χ1) is 5.11. The summed E-state index contributed by atoms with van der Waals surface area (Å²) in [4.78, 5) is 0. The van der Waals surface area contributed by atoms with Crippen molar-refractivity contribution >= 4 is 0 Å². The smallest absolute Gasteiger partial charge is 0.0573 e. The molecule has 1 N–H and O–H groups in total. The van der Waals surface area contributed by atoms with Crippen molar-refractivity contribution in [2.24, 2.45) is 17.8 Å². The molecule has 3 unspecified atom stereocenters. The molecule has 12 heavy (non-hydrogen) atoms. The van der Waals surface area contributed by atoms with E-state index >= 15 is 0 Å². The number of hydrogen-bond acceptors (Lipinski definition) is 1. The van der Waals surface area contributed by atoms with Gasteiger partial charge in [-0.25, -0.2) is 0 Å². The maximum absolute atomic E-state index is 9.71. The van der Waals surface area contributed by atoms with Gasteiger partial charge in [0.25, 0.3) is 0 Å². The van der Waals surface area contributed by atoms with Crippen molar-refractivity contribution in [1.82, 2.24) is 0 Å². The molecule has 1 rings (SSSR count). The number of aliphatic hydroxyl groups is 1. The third-order valence-electron chi connectivity index (χ3n) is 2.99. The minimum absolute atomic E-state index is 0. The van der Waals surface area contributed by atoms with Crippen LogP contribution in [0.5, 0.6) is 0 Å². The topological polar surface area (TPSA) is 20.2 Å². The van der Waals surface area contributed by atoms with Gasteiger partial charge in [0.15, 0.2) is 0 Å². The molecule has 0 amide bonds. The molecule has 2 heteroatoms. The average molecular weight is 220 g/mol. The van der Waals surface area contributed by atoms with Gasteiger partial charge in [-0.05, 0) is 30.6 Å². The fourth-order valence-electron chi connectivity index (χ4n) is 2.15. The molecule has 3 atom stereocenters. The van der Waals surface area contributed by atoms with Gasteiger partial charge in [-0.1, -0.05) is 27.2 Å². The summed E-state index contributed by atoms with van der Waals surface area (Å²) in [6.07, 6.45) is 3.52. The Bertz CT molecular complexity index is 125. The minimum atomic E-state index is -0.0289. The minimum Gasteiger partial charge on any atom is -0.393 e. The summed E-state index contributed by atoms with van der Waals surface area (Å²) in [7, 11) is 0. The van der Waals surface area contributed by atoms with Crippen LogP contribution in [0, 0.1) is 17.8 Å². The molecule has 0 aromatic heterocycles. The molecule has 0 spiro atoms. The van der Waals surface area contributed by atoms with Gasteiger partial charge in [0, 0.05) is 17.1 Å². The van der Waals surface area contributed by atoms with Crippen LogP contribution in [0.4, 0.5) is 0 Å². The zero-order valence-electron chi connectivity index (χ0n) is 8.18. The molecule has 0 bridgehead atoms. The first-order valence-corrected chi connectivity index (χ1v) is 4.79. The molecule has 1 radical (unpaired) electrons. The summed E-state index contributed by atoms with van der Waals surface area (Å²) in [6, 6.07) is 0. The van der Waals surface area contributed by atoms with Crippen LogP contribution in [0.3, 0.4) is 0 Å². The van der Waals surface area contributed by atoms with Crippen LogP contribution in [0.15, 0.2) is 0 Å². The number of aliphatic hydroxyl groups excluding tert-OH is 1. The molecule has 0 heterocycles. The number of hydrogen-bond donors (Lipinski definition) is 1. The van der Waals surface area contributed by atoms with Gasteiger partial charge in [-0.2, -0.15) is 0 Å². The molecule has 0 aromatic rings. The largest absolute Gasteiger partial charge is 0.393 e. The van der Waals surface area contributed by atoms with Crippen LogP contribution in [-0.2, 0) is 17.1 Å².